The van der Waals surface area contributed by atoms with Crippen molar-refractivity contribution in [1.82, 2.24) is 5.32 Å². The van der Waals surface area contributed by atoms with Crippen molar-refractivity contribution in [3.05, 3.63) is 0 Å². The van der Waals surface area contributed by atoms with Gasteiger partial charge in [0.1, 0.15) is 0 Å². The Hall–Kier alpha value is -0.530. The van der Waals surface area contributed by atoms with Crippen LogP contribution in [0.25, 0.3) is 0 Å². The van der Waals surface area contributed by atoms with Crippen molar-refractivity contribution in [3.8, 4) is 0 Å². The van der Waals surface area contributed by atoms with Crippen molar-refractivity contribution in [2.75, 3.05) is 0 Å². The van der Waals surface area contributed by atoms with Crippen LogP contribution in [0.3, 0.4) is 0 Å². The van der Waals surface area contributed by atoms with Gasteiger partial charge in [-0.05, 0) is 32.1 Å². The van der Waals surface area contributed by atoms with Gasteiger partial charge in [0.05, 0.1) is 0 Å². The molecule has 14 heavy (non-hydrogen) atoms. The molecule has 0 aromatic heterocycles. The summed E-state index contributed by atoms with van der Waals surface area (Å²) in [5.41, 5.74) is 0. The van der Waals surface area contributed by atoms with E-state index >= 15 is 0 Å². The summed E-state index contributed by atoms with van der Waals surface area (Å²) in [6, 6.07) is 0.384. The van der Waals surface area contributed by atoms with Crippen LogP contribution in [0.5, 0.6) is 0 Å². The van der Waals surface area contributed by atoms with Crippen LogP contribution in [-0.4, -0.2) is 11.9 Å². The van der Waals surface area contributed by atoms with Gasteiger partial charge >= 0.3 is 0 Å². The Kier molecular flexibility index (Phi) is 4.99. The molecule has 1 atom stereocenters. The average molecular weight is 197 g/mol. The Balaban J connectivity index is 2.25. The first-order valence-electron chi connectivity index (χ1n) is 6.03. The molecule has 0 spiro atoms. The summed E-state index contributed by atoms with van der Waals surface area (Å²) in [6.07, 6.45) is 8.30. The Morgan fingerprint density at radius 3 is 2.57 bits per heavy atom. The third-order valence-corrected chi connectivity index (χ3v) is 3.22. The van der Waals surface area contributed by atoms with Crippen LogP contribution in [0, 0.1) is 5.92 Å². The molecular formula is C12H23NO. The van der Waals surface area contributed by atoms with E-state index in [4.69, 9.17) is 0 Å². The molecule has 1 saturated carbocycles. The van der Waals surface area contributed by atoms with Crippen LogP contribution in [0.1, 0.15) is 58.8 Å². The number of rotatable bonds is 4. The number of carbonyl (C=O) groups excluding carboxylic acids is 1. The SMILES string of the molecule is CCCC(=O)N[C@H](C)C1CCCCC1. The van der Waals surface area contributed by atoms with Crippen LogP contribution in [-0.2, 0) is 4.79 Å². The fraction of sp³-hybridized carbons (Fsp3) is 0.917. The Bertz CT molecular complexity index is 173. The first-order chi connectivity index (χ1) is 6.74. The quantitative estimate of drug-likeness (QED) is 0.737. The molecule has 0 heterocycles. The van der Waals surface area contributed by atoms with E-state index < -0.39 is 0 Å². The summed E-state index contributed by atoms with van der Waals surface area (Å²) in [7, 11) is 0. The molecule has 0 aromatic rings. The summed E-state index contributed by atoms with van der Waals surface area (Å²) in [6.45, 7) is 4.20. The smallest absolute Gasteiger partial charge is 0.220 e. The van der Waals surface area contributed by atoms with Crippen molar-refractivity contribution in [2.45, 2.75) is 64.8 Å². The number of hydrogen-bond acceptors (Lipinski definition) is 1. The van der Waals surface area contributed by atoms with Gasteiger partial charge in [-0.2, -0.15) is 0 Å². The second-order valence-electron chi connectivity index (χ2n) is 4.50. The zero-order valence-electron chi connectivity index (χ0n) is 9.51. The summed E-state index contributed by atoms with van der Waals surface area (Å²) >= 11 is 0. The molecule has 1 fully saturated rings. The van der Waals surface area contributed by atoms with E-state index in [1.54, 1.807) is 0 Å². The summed E-state index contributed by atoms with van der Waals surface area (Å²) in [4.78, 5) is 11.4. The van der Waals surface area contributed by atoms with Gasteiger partial charge in [0.15, 0.2) is 0 Å². The van der Waals surface area contributed by atoms with E-state index in [2.05, 4.69) is 12.2 Å². The lowest BCUT2D eigenvalue weighted by molar-refractivity contribution is -0.122. The highest BCUT2D eigenvalue weighted by atomic mass is 16.1. The third-order valence-electron chi connectivity index (χ3n) is 3.22. The lowest BCUT2D eigenvalue weighted by atomic mass is 9.84. The minimum atomic E-state index is 0.227. The Labute approximate surface area is 87.5 Å². The minimum absolute atomic E-state index is 0.227. The standard InChI is InChI=1S/C12H23NO/c1-3-7-12(14)13-10(2)11-8-5-4-6-9-11/h10-11H,3-9H2,1-2H3,(H,13,14)/t10-/m1/s1. The predicted molar refractivity (Wildman–Crippen MR) is 59.1 cm³/mol. The normalized spacial score (nSPS) is 20.4. The van der Waals surface area contributed by atoms with Crippen LogP contribution < -0.4 is 5.32 Å². The highest BCUT2D eigenvalue weighted by Gasteiger charge is 2.20. The zero-order valence-corrected chi connectivity index (χ0v) is 9.51. The molecule has 1 N–H and O–H groups in total. The van der Waals surface area contributed by atoms with Gasteiger partial charge in [-0.25, -0.2) is 0 Å². The Morgan fingerprint density at radius 1 is 1.36 bits per heavy atom. The number of nitrogens with one attached hydrogen (secondary N) is 1. The van der Waals surface area contributed by atoms with Gasteiger partial charge in [0.25, 0.3) is 0 Å². The van der Waals surface area contributed by atoms with E-state index in [1.165, 1.54) is 32.1 Å². The van der Waals surface area contributed by atoms with Crippen LogP contribution in [0.15, 0.2) is 0 Å². The van der Waals surface area contributed by atoms with Crippen LogP contribution >= 0.6 is 0 Å². The van der Waals surface area contributed by atoms with Crippen molar-refractivity contribution in [2.24, 2.45) is 5.92 Å². The lowest BCUT2D eigenvalue weighted by Crippen LogP contribution is -2.38. The molecule has 1 amide bonds. The highest BCUT2D eigenvalue weighted by molar-refractivity contribution is 5.76. The summed E-state index contributed by atoms with van der Waals surface area (Å²) in [5, 5.41) is 3.11. The molecule has 0 radical (unpaired) electrons. The second-order valence-corrected chi connectivity index (χ2v) is 4.50. The van der Waals surface area contributed by atoms with Crippen molar-refractivity contribution in [3.63, 3.8) is 0 Å². The molecule has 0 unspecified atom stereocenters. The van der Waals surface area contributed by atoms with E-state index in [9.17, 15) is 4.79 Å². The molecule has 0 aliphatic heterocycles. The van der Waals surface area contributed by atoms with Crippen molar-refractivity contribution in [1.29, 1.82) is 0 Å². The van der Waals surface area contributed by atoms with Gasteiger partial charge in [-0.15, -0.1) is 0 Å². The molecule has 0 aromatic carbocycles. The predicted octanol–water partition coefficient (Wildman–Crippen LogP) is 2.87. The second kappa shape index (κ2) is 6.05. The van der Waals surface area contributed by atoms with E-state index in [-0.39, 0.29) is 5.91 Å². The van der Waals surface area contributed by atoms with Gasteiger partial charge in [0.2, 0.25) is 5.91 Å². The maximum Gasteiger partial charge on any atom is 0.220 e. The molecule has 1 aliphatic rings. The van der Waals surface area contributed by atoms with Crippen molar-refractivity contribution < 1.29 is 4.79 Å². The van der Waals surface area contributed by atoms with E-state index in [0.29, 0.717) is 12.5 Å². The van der Waals surface area contributed by atoms with Crippen molar-refractivity contribution >= 4 is 5.91 Å². The van der Waals surface area contributed by atoms with E-state index in [0.717, 1.165) is 12.3 Å². The van der Waals surface area contributed by atoms with Gasteiger partial charge in [0, 0.05) is 12.5 Å². The minimum Gasteiger partial charge on any atom is -0.353 e. The monoisotopic (exact) mass is 197 g/mol. The fourth-order valence-corrected chi connectivity index (χ4v) is 2.31. The average Bonchev–Trinajstić information content (AvgIpc) is 2.19. The molecular weight excluding hydrogens is 174 g/mol. The zero-order chi connectivity index (χ0) is 10.4. The highest BCUT2D eigenvalue weighted by Crippen LogP contribution is 2.26. The fourth-order valence-electron chi connectivity index (χ4n) is 2.31. The van der Waals surface area contributed by atoms with Gasteiger partial charge in [-0.1, -0.05) is 26.2 Å². The summed E-state index contributed by atoms with van der Waals surface area (Å²) in [5.74, 6) is 0.954. The number of carbonyl (C=O) groups is 1. The van der Waals surface area contributed by atoms with Gasteiger partial charge < -0.3 is 5.32 Å². The molecule has 0 bridgehead atoms. The van der Waals surface area contributed by atoms with Crippen LogP contribution in [0.4, 0.5) is 0 Å². The number of amides is 1. The van der Waals surface area contributed by atoms with Crippen LogP contribution in [0.2, 0.25) is 0 Å². The molecule has 2 heteroatoms. The third kappa shape index (κ3) is 3.69. The van der Waals surface area contributed by atoms with Gasteiger partial charge in [-0.3, -0.25) is 4.79 Å². The molecule has 1 aliphatic carbocycles. The molecule has 0 saturated heterocycles. The maximum atomic E-state index is 11.4. The number of hydrogen-bond donors (Lipinski definition) is 1. The lowest BCUT2D eigenvalue weighted by Gasteiger charge is -2.28. The first-order valence-corrected chi connectivity index (χ1v) is 6.03. The molecule has 1 rings (SSSR count). The largest absolute Gasteiger partial charge is 0.353 e. The molecule has 82 valence electrons. The summed E-state index contributed by atoms with van der Waals surface area (Å²) < 4.78 is 0. The first kappa shape index (κ1) is 11.5. The Morgan fingerprint density at radius 2 is 2.00 bits per heavy atom. The van der Waals surface area contributed by atoms with E-state index in [1.807, 2.05) is 6.92 Å². The maximum absolute atomic E-state index is 11.4. The topological polar surface area (TPSA) is 29.1 Å². The molecule has 2 nitrogen and oxygen atoms in total.